The lowest BCUT2D eigenvalue weighted by atomic mass is 10.1. The molecule has 112 valence electrons. The number of likely N-dealkylation sites (N-methyl/N-ethyl adjacent to an activating group) is 1. The number of amides is 1. The fraction of sp³-hybridized carbons (Fsp3) is 0.917. The Balaban J connectivity index is 2.49. The minimum absolute atomic E-state index is 0.0757. The number of carbonyl (C=O) groups is 1. The van der Waals surface area contributed by atoms with Crippen molar-refractivity contribution in [2.75, 3.05) is 39.0 Å². The molecule has 0 spiro atoms. The van der Waals surface area contributed by atoms with Crippen molar-refractivity contribution in [2.24, 2.45) is 0 Å². The third-order valence-corrected chi connectivity index (χ3v) is 4.12. The van der Waals surface area contributed by atoms with E-state index in [0.717, 1.165) is 19.4 Å². The van der Waals surface area contributed by atoms with Gasteiger partial charge in [0.15, 0.2) is 0 Å². The van der Waals surface area contributed by atoms with E-state index in [-0.39, 0.29) is 11.9 Å². The van der Waals surface area contributed by atoms with Gasteiger partial charge >= 0.3 is 0 Å². The molecule has 0 aromatic rings. The zero-order valence-corrected chi connectivity index (χ0v) is 12.9. The molecule has 1 aliphatic heterocycles. The number of nitrogens with zero attached hydrogens (tertiary/aromatic N) is 2. The van der Waals surface area contributed by atoms with Crippen molar-refractivity contribution in [1.82, 2.24) is 14.5 Å². The Bertz CT molecular complexity index is 393. The van der Waals surface area contributed by atoms with Crippen molar-refractivity contribution in [1.29, 1.82) is 0 Å². The molecule has 1 saturated heterocycles. The van der Waals surface area contributed by atoms with Crippen LogP contribution < -0.4 is 4.72 Å². The highest BCUT2D eigenvalue weighted by Gasteiger charge is 2.24. The summed E-state index contributed by atoms with van der Waals surface area (Å²) in [5.74, 6) is 0.116. The lowest BCUT2D eigenvalue weighted by Crippen LogP contribution is -2.50. The minimum atomic E-state index is -3.17. The van der Waals surface area contributed by atoms with Gasteiger partial charge in [-0.25, -0.2) is 13.1 Å². The van der Waals surface area contributed by atoms with E-state index in [0.29, 0.717) is 26.2 Å². The van der Waals surface area contributed by atoms with E-state index in [9.17, 15) is 13.2 Å². The van der Waals surface area contributed by atoms with Gasteiger partial charge in [0.1, 0.15) is 0 Å². The van der Waals surface area contributed by atoms with Gasteiger partial charge in [-0.05, 0) is 33.2 Å². The van der Waals surface area contributed by atoms with Crippen molar-refractivity contribution in [3.8, 4) is 0 Å². The molecule has 19 heavy (non-hydrogen) atoms. The number of hydrogen-bond acceptors (Lipinski definition) is 4. The molecule has 1 heterocycles. The molecule has 1 fully saturated rings. The smallest absolute Gasteiger partial charge is 0.236 e. The summed E-state index contributed by atoms with van der Waals surface area (Å²) in [5, 5.41) is 0. The maximum atomic E-state index is 12.0. The van der Waals surface area contributed by atoms with E-state index < -0.39 is 10.0 Å². The Morgan fingerprint density at radius 2 is 2.00 bits per heavy atom. The maximum Gasteiger partial charge on any atom is 0.236 e. The molecular weight excluding hydrogens is 266 g/mol. The van der Waals surface area contributed by atoms with Crippen LogP contribution in [0.5, 0.6) is 0 Å². The van der Waals surface area contributed by atoms with Gasteiger partial charge in [-0.2, -0.15) is 0 Å². The van der Waals surface area contributed by atoms with Gasteiger partial charge in [-0.1, -0.05) is 0 Å². The van der Waals surface area contributed by atoms with Crippen LogP contribution in [0.2, 0.25) is 0 Å². The monoisotopic (exact) mass is 291 g/mol. The molecule has 1 rings (SSSR count). The van der Waals surface area contributed by atoms with Crippen LogP contribution in [0.25, 0.3) is 0 Å². The number of carbonyl (C=O) groups excluding carboxylic acids is 1. The van der Waals surface area contributed by atoms with Crippen molar-refractivity contribution in [3.05, 3.63) is 0 Å². The second kappa shape index (κ2) is 7.21. The standard InChI is InChI=1S/C12H25N3O3S/c1-4-15(5-2)12(16)10-14-8-6-7-11(9-14)13-19(3,17)18/h11,13H,4-10H2,1-3H3. The van der Waals surface area contributed by atoms with Gasteiger partial charge in [0, 0.05) is 25.7 Å². The van der Waals surface area contributed by atoms with Crippen molar-refractivity contribution >= 4 is 15.9 Å². The number of sulfonamides is 1. The van der Waals surface area contributed by atoms with E-state index in [1.807, 2.05) is 18.7 Å². The average molecular weight is 291 g/mol. The van der Waals surface area contributed by atoms with Crippen LogP contribution in [0.1, 0.15) is 26.7 Å². The summed E-state index contributed by atoms with van der Waals surface area (Å²) in [5.41, 5.74) is 0. The van der Waals surface area contributed by atoms with Crippen LogP contribution >= 0.6 is 0 Å². The second-order valence-corrected chi connectivity index (χ2v) is 6.81. The highest BCUT2D eigenvalue weighted by molar-refractivity contribution is 7.88. The predicted molar refractivity (Wildman–Crippen MR) is 75.4 cm³/mol. The summed E-state index contributed by atoms with van der Waals surface area (Å²) in [6.07, 6.45) is 2.93. The first-order valence-electron chi connectivity index (χ1n) is 6.83. The van der Waals surface area contributed by atoms with Gasteiger partial charge in [-0.3, -0.25) is 9.69 Å². The van der Waals surface area contributed by atoms with E-state index in [1.165, 1.54) is 6.26 Å². The van der Waals surface area contributed by atoms with Crippen molar-refractivity contribution in [3.63, 3.8) is 0 Å². The lowest BCUT2D eigenvalue weighted by molar-refractivity contribution is -0.132. The molecule has 7 heteroatoms. The van der Waals surface area contributed by atoms with Crippen LogP contribution in [0.15, 0.2) is 0 Å². The quantitative estimate of drug-likeness (QED) is 0.740. The fourth-order valence-corrected chi connectivity index (χ4v) is 3.26. The normalized spacial score (nSPS) is 21.3. The topological polar surface area (TPSA) is 69.7 Å². The van der Waals surface area contributed by atoms with Crippen LogP contribution in [0.3, 0.4) is 0 Å². The van der Waals surface area contributed by atoms with Crippen molar-refractivity contribution in [2.45, 2.75) is 32.7 Å². The number of piperidine rings is 1. The lowest BCUT2D eigenvalue weighted by Gasteiger charge is -2.33. The van der Waals surface area contributed by atoms with E-state index in [1.54, 1.807) is 4.90 Å². The Morgan fingerprint density at radius 3 is 2.53 bits per heavy atom. The molecule has 6 nitrogen and oxygen atoms in total. The van der Waals surface area contributed by atoms with E-state index in [4.69, 9.17) is 0 Å². The summed E-state index contributed by atoms with van der Waals surface area (Å²) in [6, 6.07) is -0.0757. The van der Waals surface area contributed by atoms with E-state index >= 15 is 0 Å². The maximum absolute atomic E-state index is 12.0. The van der Waals surface area contributed by atoms with Gasteiger partial charge in [0.25, 0.3) is 0 Å². The zero-order chi connectivity index (χ0) is 14.5. The molecule has 1 unspecified atom stereocenters. The summed E-state index contributed by atoms with van der Waals surface area (Å²) in [7, 11) is -3.17. The third-order valence-electron chi connectivity index (χ3n) is 3.36. The predicted octanol–water partition coefficient (Wildman–Crippen LogP) is -0.132. The molecule has 1 amide bonds. The highest BCUT2D eigenvalue weighted by atomic mass is 32.2. The first-order valence-corrected chi connectivity index (χ1v) is 8.72. The molecule has 0 aromatic carbocycles. The van der Waals surface area contributed by atoms with Gasteiger partial charge in [0.05, 0.1) is 12.8 Å². The van der Waals surface area contributed by atoms with Gasteiger partial charge < -0.3 is 4.90 Å². The summed E-state index contributed by atoms with van der Waals surface area (Å²) in [4.78, 5) is 15.8. The van der Waals surface area contributed by atoms with Crippen LogP contribution in [-0.2, 0) is 14.8 Å². The van der Waals surface area contributed by atoms with E-state index in [2.05, 4.69) is 4.72 Å². The molecule has 0 radical (unpaired) electrons. The summed E-state index contributed by atoms with van der Waals surface area (Å²) >= 11 is 0. The minimum Gasteiger partial charge on any atom is -0.342 e. The Morgan fingerprint density at radius 1 is 1.37 bits per heavy atom. The number of nitrogens with one attached hydrogen (secondary N) is 1. The van der Waals surface area contributed by atoms with Crippen LogP contribution in [0.4, 0.5) is 0 Å². The molecule has 0 saturated carbocycles. The first kappa shape index (κ1) is 16.4. The molecule has 0 aromatic heterocycles. The highest BCUT2D eigenvalue weighted by Crippen LogP contribution is 2.11. The molecule has 1 N–H and O–H groups in total. The number of likely N-dealkylation sites (tertiary alicyclic amines) is 1. The van der Waals surface area contributed by atoms with Gasteiger partial charge in [-0.15, -0.1) is 0 Å². The van der Waals surface area contributed by atoms with Crippen LogP contribution in [-0.4, -0.2) is 69.1 Å². The molecule has 1 aliphatic rings. The van der Waals surface area contributed by atoms with Gasteiger partial charge in [0.2, 0.25) is 15.9 Å². The Kier molecular flexibility index (Phi) is 6.22. The number of rotatable bonds is 6. The summed E-state index contributed by atoms with van der Waals surface area (Å²) in [6.45, 7) is 7.21. The van der Waals surface area contributed by atoms with Crippen LogP contribution in [0, 0.1) is 0 Å². The summed E-state index contributed by atoms with van der Waals surface area (Å²) < 4.78 is 25.1. The molecular formula is C12H25N3O3S. The number of hydrogen-bond donors (Lipinski definition) is 1. The first-order chi connectivity index (χ1) is 8.85. The molecule has 0 bridgehead atoms. The molecule has 0 aliphatic carbocycles. The Hall–Kier alpha value is -0.660. The SMILES string of the molecule is CCN(CC)C(=O)CN1CCCC(NS(C)(=O)=O)C1. The fourth-order valence-electron chi connectivity index (χ4n) is 2.47. The second-order valence-electron chi connectivity index (χ2n) is 5.03. The van der Waals surface area contributed by atoms with Crippen molar-refractivity contribution < 1.29 is 13.2 Å². The Labute approximate surface area is 116 Å². The molecule has 1 atom stereocenters. The third kappa shape index (κ3) is 5.88. The zero-order valence-electron chi connectivity index (χ0n) is 12.1. The average Bonchev–Trinajstić information content (AvgIpc) is 2.28. The largest absolute Gasteiger partial charge is 0.342 e.